The van der Waals surface area contributed by atoms with Crippen LogP contribution in [0.4, 0.5) is 5.69 Å². The zero-order chi connectivity index (χ0) is 22.1. The van der Waals surface area contributed by atoms with E-state index in [-0.39, 0.29) is 5.57 Å². The summed E-state index contributed by atoms with van der Waals surface area (Å²) in [6.45, 7) is 2.93. The fourth-order valence-electron chi connectivity index (χ4n) is 3.62. The summed E-state index contributed by atoms with van der Waals surface area (Å²) in [6.07, 6.45) is 6.90. The molecule has 1 amide bonds. The Labute approximate surface area is 190 Å². The van der Waals surface area contributed by atoms with Crippen molar-refractivity contribution in [2.45, 2.75) is 51.6 Å². The summed E-state index contributed by atoms with van der Waals surface area (Å²) in [5.74, 6) is 0.387. The van der Waals surface area contributed by atoms with Crippen LogP contribution in [0.5, 0.6) is 5.75 Å². The van der Waals surface area contributed by atoms with Crippen molar-refractivity contribution < 1.29 is 9.53 Å². The lowest BCUT2D eigenvalue weighted by Crippen LogP contribution is -2.46. The third kappa shape index (κ3) is 5.83. The minimum atomic E-state index is -0.466. The van der Waals surface area contributed by atoms with E-state index >= 15 is 0 Å². The topological polar surface area (TPSA) is 65.4 Å². The number of carbonyl (C=O) groups is 1. The summed E-state index contributed by atoms with van der Waals surface area (Å²) in [5.41, 5.74) is 1.73. The minimum Gasteiger partial charge on any atom is -0.494 e. The first kappa shape index (κ1) is 22.8. The van der Waals surface area contributed by atoms with Crippen LogP contribution in [0.2, 0.25) is 0 Å². The van der Waals surface area contributed by atoms with Crippen molar-refractivity contribution in [2.24, 2.45) is 0 Å². The molecule has 1 aliphatic rings. The Kier molecular flexibility index (Phi) is 8.43. The van der Waals surface area contributed by atoms with Gasteiger partial charge in [0.1, 0.15) is 23.6 Å². The number of hydrogen-bond donors (Lipinski definition) is 2. The molecule has 0 aromatic heterocycles. The fraction of sp³-hybridized carbons (Fsp3) is 0.360. The van der Waals surface area contributed by atoms with Gasteiger partial charge in [-0.3, -0.25) is 4.79 Å². The molecule has 5 nitrogen and oxygen atoms in total. The van der Waals surface area contributed by atoms with E-state index in [1.54, 1.807) is 0 Å². The Morgan fingerprint density at radius 1 is 1.03 bits per heavy atom. The lowest BCUT2D eigenvalue weighted by molar-refractivity contribution is -0.118. The average molecular weight is 436 g/mol. The van der Waals surface area contributed by atoms with E-state index < -0.39 is 12.1 Å². The third-order valence-corrected chi connectivity index (χ3v) is 5.75. The van der Waals surface area contributed by atoms with E-state index in [1.165, 1.54) is 32.1 Å². The number of nitrogens with one attached hydrogen (secondary N) is 1. The Morgan fingerprint density at radius 3 is 2.39 bits per heavy atom. The van der Waals surface area contributed by atoms with Gasteiger partial charge in [-0.15, -0.1) is 12.6 Å². The van der Waals surface area contributed by atoms with Crippen molar-refractivity contribution in [2.75, 3.05) is 11.5 Å². The standard InChI is InChI=1S/C25H29N3O2S/c1-2-3-4-5-6-10-17-30-21-15-13-19(14-16-21)23-27-24(29)22(18-26)25(31)28(23)20-11-8-7-9-12-20/h7-9,11-16,23,31H,2-6,10,17H2,1H3,(H,27,29)/t23-/m0/s1. The number of amides is 1. The van der Waals surface area contributed by atoms with Gasteiger partial charge in [0.05, 0.1) is 11.6 Å². The van der Waals surface area contributed by atoms with Crippen LogP contribution in [-0.2, 0) is 4.79 Å². The molecule has 0 unspecified atom stereocenters. The summed E-state index contributed by atoms with van der Waals surface area (Å²) >= 11 is 4.52. The first-order valence-electron chi connectivity index (χ1n) is 10.9. The molecule has 0 bridgehead atoms. The Balaban J connectivity index is 1.70. The SMILES string of the molecule is CCCCCCCCOc1ccc([C@H]2NC(=O)C(C#N)=C(S)N2c2ccccc2)cc1. The van der Waals surface area contributed by atoms with Crippen molar-refractivity contribution in [3.63, 3.8) is 0 Å². The highest BCUT2D eigenvalue weighted by Gasteiger charge is 2.33. The van der Waals surface area contributed by atoms with Crippen LogP contribution in [0.1, 0.15) is 57.2 Å². The number of nitriles is 1. The molecule has 0 spiro atoms. The quantitative estimate of drug-likeness (QED) is 0.370. The molecule has 0 radical (unpaired) electrons. The molecule has 2 aromatic carbocycles. The minimum absolute atomic E-state index is 0.00215. The van der Waals surface area contributed by atoms with Crippen molar-refractivity contribution in [1.82, 2.24) is 5.32 Å². The Hall–Kier alpha value is -2.91. The average Bonchev–Trinajstić information content (AvgIpc) is 2.79. The summed E-state index contributed by atoms with van der Waals surface area (Å²) in [4.78, 5) is 14.3. The van der Waals surface area contributed by atoms with E-state index in [2.05, 4.69) is 24.9 Å². The molecule has 1 atom stereocenters. The van der Waals surface area contributed by atoms with E-state index in [0.29, 0.717) is 11.6 Å². The van der Waals surface area contributed by atoms with Gasteiger partial charge in [0, 0.05) is 5.69 Å². The third-order valence-electron chi connectivity index (χ3n) is 5.31. The van der Waals surface area contributed by atoms with E-state index in [1.807, 2.05) is 65.6 Å². The molecule has 3 rings (SSSR count). The molecule has 2 aromatic rings. The molecule has 0 aliphatic carbocycles. The maximum absolute atomic E-state index is 12.4. The molecule has 162 valence electrons. The largest absolute Gasteiger partial charge is 0.494 e. The van der Waals surface area contributed by atoms with Crippen LogP contribution in [0.25, 0.3) is 0 Å². The number of thiol groups is 1. The molecule has 6 heteroatoms. The number of hydrogen-bond acceptors (Lipinski definition) is 5. The number of rotatable bonds is 10. The van der Waals surface area contributed by atoms with E-state index in [0.717, 1.165) is 23.4 Å². The molecule has 0 saturated heterocycles. The molecule has 1 aliphatic heterocycles. The lowest BCUT2D eigenvalue weighted by Gasteiger charge is -2.38. The molecular formula is C25H29N3O2S. The van der Waals surface area contributed by atoms with Crippen molar-refractivity contribution in [3.05, 3.63) is 70.8 Å². The van der Waals surface area contributed by atoms with Gasteiger partial charge < -0.3 is 15.0 Å². The fourth-order valence-corrected chi connectivity index (χ4v) is 4.00. The van der Waals surface area contributed by atoms with Gasteiger partial charge >= 0.3 is 0 Å². The predicted molar refractivity (Wildman–Crippen MR) is 127 cm³/mol. The van der Waals surface area contributed by atoms with E-state index in [4.69, 9.17) is 4.74 Å². The van der Waals surface area contributed by atoms with Crippen LogP contribution in [0.3, 0.4) is 0 Å². The summed E-state index contributed by atoms with van der Waals surface area (Å²) in [7, 11) is 0. The Bertz CT molecular complexity index is 935. The number of carbonyl (C=O) groups excluding carboxylic acids is 1. The van der Waals surface area contributed by atoms with Crippen LogP contribution in [0.15, 0.2) is 65.2 Å². The normalized spacial score (nSPS) is 16.1. The van der Waals surface area contributed by atoms with Gasteiger partial charge in [0.2, 0.25) is 0 Å². The van der Waals surface area contributed by atoms with Crippen LogP contribution in [-0.4, -0.2) is 12.5 Å². The smallest absolute Gasteiger partial charge is 0.266 e. The van der Waals surface area contributed by atoms with Gasteiger partial charge in [0.15, 0.2) is 0 Å². The summed E-state index contributed by atoms with van der Waals surface area (Å²) < 4.78 is 5.87. The summed E-state index contributed by atoms with van der Waals surface area (Å²) in [5, 5.41) is 12.7. The molecule has 1 heterocycles. The summed E-state index contributed by atoms with van der Waals surface area (Å²) in [6, 6.07) is 19.3. The monoisotopic (exact) mass is 435 g/mol. The number of nitrogens with zero attached hydrogens (tertiary/aromatic N) is 2. The molecule has 0 saturated carbocycles. The van der Waals surface area contributed by atoms with Crippen molar-refractivity contribution >= 4 is 24.2 Å². The zero-order valence-corrected chi connectivity index (χ0v) is 18.8. The molecule has 1 N–H and O–H groups in total. The number of benzene rings is 2. The maximum Gasteiger partial charge on any atom is 0.266 e. The highest BCUT2D eigenvalue weighted by molar-refractivity contribution is 7.84. The number of ether oxygens (including phenoxy) is 1. The van der Waals surface area contributed by atoms with Gasteiger partial charge in [-0.05, 0) is 36.2 Å². The van der Waals surface area contributed by atoms with E-state index in [9.17, 15) is 10.1 Å². The predicted octanol–water partition coefficient (Wildman–Crippen LogP) is 5.73. The maximum atomic E-state index is 12.4. The molecule has 0 fully saturated rings. The number of unbranched alkanes of at least 4 members (excludes halogenated alkanes) is 5. The molecule has 31 heavy (non-hydrogen) atoms. The second kappa shape index (κ2) is 11.5. The van der Waals surface area contributed by atoms with Gasteiger partial charge in [0.25, 0.3) is 5.91 Å². The van der Waals surface area contributed by atoms with Crippen molar-refractivity contribution in [3.8, 4) is 11.8 Å². The molecular weight excluding hydrogens is 406 g/mol. The van der Waals surface area contributed by atoms with Gasteiger partial charge in [-0.1, -0.05) is 69.4 Å². The van der Waals surface area contributed by atoms with Crippen molar-refractivity contribution in [1.29, 1.82) is 5.26 Å². The van der Waals surface area contributed by atoms with Crippen LogP contribution in [0, 0.1) is 11.3 Å². The highest BCUT2D eigenvalue weighted by Crippen LogP contribution is 2.35. The first-order valence-corrected chi connectivity index (χ1v) is 11.3. The number of para-hydroxylation sites is 1. The zero-order valence-electron chi connectivity index (χ0n) is 17.9. The van der Waals surface area contributed by atoms with Crippen LogP contribution < -0.4 is 15.0 Å². The Morgan fingerprint density at radius 2 is 1.71 bits per heavy atom. The first-order chi connectivity index (χ1) is 15.2. The second-order valence-electron chi connectivity index (χ2n) is 7.58. The van der Waals surface area contributed by atoms with Gasteiger partial charge in [-0.25, -0.2) is 0 Å². The lowest BCUT2D eigenvalue weighted by atomic mass is 10.1. The van der Waals surface area contributed by atoms with Crippen LogP contribution >= 0.6 is 12.6 Å². The second-order valence-corrected chi connectivity index (χ2v) is 8.00. The van der Waals surface area contributed by atoms with Gasteiger partial charge in [-0.2, -0.15) is 5.26 Å². The highest BCUT2D eigenvalue weighted by atomic mass is 32.1. The number of anilines is 1.